The first-order chi connectivity index (χ1) is 7.39. The van der Waals surface area contributed by atoms with Gasteiger partial charge in [-0.1, -0.05) is 0 Å². The SMILES string of the molecule is COc1c(OC(F)(F)F)cnc(I)c1CN. The van der Waals surface area contributed by atoms with E-state index in [1.807, 2.05) is 22.6 Å². The molecule has 0 aliphatic heterocycles. The summed E-state index contributed by atoms with van der Waals surface area (Å²) >= 11 is 1.86. The topological polar surface area (TPSA) is 57.4 Å². The number of halogens is 4. The molecule has 0 radical (unpaired) electrons. The minimum Gasteiger partial charge on any atom is -0.492 e. The number of hydrogen-bond donors (Lipinski definition) is 1. The average Bonchev–Trinajstić information content (AvgIpc) is 2.18. The lowest BCUT2D eigenvalue weighted by molar-refractivity contribution is -0.275. The summed E-state index contributed by atoms with van der Waals surface area (Å²) in [5.41, 5.74) is 5.78. The summed E-state index contributed by atoms with van der Waals surface area (Å²) in [7, 11) is 1.24. The molecule has 0 amide bonds. The van der Waals surface area contributed by atoms with Crippen molar-refractivity contribution in [3.05, 3.63) is 15.5 Å². The van der Waals surface area contributed by atoms with Gasteiger partial charge in [-0.2, -0.15) is 0 Å². The quantitative estimate of drug-likeness (QED) is 0.671. The molecular formula is C8H8F3IN2O2. The van der Waals surface area contributed by atoms with Crippen LogP contribution >= 0.6 is 22.6 Å². The number of pyridine rings is 1. The molecule has 0 spiro atoms. The van der Waals surface area contributed by atoms with E-state index in [2.05, 4.69) is 9.72 Å². The number of rotatable bonds is 3. The third kappa shape index (κ3) is 3.11. The van der Waals surface area contributed by atoms with E-state index in [9.17, 15) is 13.2 Å². The largest absolute Gasteiger partial charge is 0.573 e. The maximum Gasteiger partial charge on any atom is 0.573 e. The van der Waals surface area contributed by atoms with Gasteiger partial charge in [-0.15, -0.1) is 13.2 Å². The van der Waals surface area contributed by atoms with Crippen molar-refractivity contribution >= 4 is 22.6 Å². The smallest absolute Gasteiger partial charge is 0.492 e. The molecule has 1 rings (SSSR count). The van der Waals surface area contributed by atoms with Crippen molar-refractivity contribution in [2.45, 2.75) is 12.9 Å². The van der Waals surface area contributed by atoms with Crippen molar-refractivity contribution in [1.82, 2.24) is 4.98 Å². The summed E-state index contributed by atoms with van der Waals surface area (Å²) in [4.78, 5) is 3.74. The second-order valence-electron chi connectivity index (χ2n) is 2.68. The van der Waals surface area contributed by atoms with Crippen molar-refractivity contribution < 1.29 is 22.6 Å². The Morgan fingerprint density at radius 3 is 2.56 bits per heavy atom. The normalized spacial score (nSPS) is 11.4. The first-order valence-electron chi connectivity index (χ1n) is 4.06. The van der Waals surface area contributed by atoms with Gasteiger partial charge in [0.25, 0.3) is 0 Å². The lowest BCUT2D eigenvalue weighted by Gasteiger charge is -2.15. The Kier molecular flexibility index (Phi) is 4.19. The Balaban J connectivity index is 3.19. The van der Waals surface area contributed by atoms with Crippen molar-refractivity contribution in [2.24, 2.45) is 5.73 Å². The highest BCUT2D eigenvalue weighted by atomic mass is 127. The lowest BCUT2D eigenvalue weighted by Crippen LogP contribution is -2.18. The van der Waals surface area contributed by atoms with E-state index in [0.29, 0.717) is 9.26 Å². The van der Waals surface area contributed by atoms with Crippen molar-refractivity contribution in [1.29, 1.82) is 0 Å². The van der Waals surface area contributed by atoms with Gasteiger partial charge in [0.15, 0.2) is 11.5 Å². The highest BCUT2D eigenvalue weighted by molar-refractivity contribution is 14.1. The van der Waals surface area contributed by atoms with Crippen LogP contribution in [-0.2, 0) is 6.54 Å². The molecular weight excluding hydrogens is 340 g/mol. The molecule has 8 heteroatoms. The third-order valence-electron chi connectivity index (χ3n) is 1.68. The molecule has 90 valence electrons. The Morgan fingerprint density at radius 1 is 1.50 bits per heavy atom. The Morgan fingerprint density at radius 2 is 2.12 bits per heavy atom. The number of ether oxygens (including phenoxy) is 2. The molecule has 0 unspecified atom stereocenters. The molecule has 1 aromatic heterocycles. The zero-order chi connectivity index (χ0) is 12.3. The monoisotopic (exact) mass is 348 g/mol. The van der Waals surface area contributed by atoms with Gasteiger partial charge in [0.1, 0.15) is 3.70 Å². The summed E-state index contributed by atoms with van der Waals surface area (Å²) in [6, 6.07) is 0. The second-order valence-corrected chi connectivity index (χ2v) is 3.70. The Bertz CT molecular complexity index is 384. The van der Waals surface area contributed by atoms with Crippen molar-refractivity contribution in [2.75, 3.05) is 7.11 Å². The van der Waals surface area contributed by atoms with Gasteiger partial charge in [-0.25, -0.2) is 4.98 Å². The fourth-order valence-electron chi connectivity index (χ4n) is 1.09. The lowest BCUT2D eigenvalue weighted by atomic mass is 10.2. The zero-order valence-electron chi connectivity index (χ0n) is 8.14. The van der Waals surface area contributed by atoms with Crippen LogP contribution in [-0.4, -0.2) is 18.5 Å². The van der Waals surface area contributed by atoms with Crippen LogP contribution in [0.25, 0.3) is 0 Å². The standard InChI is InChI=1S/C8H8F3IN2O2/c1-15-6-4(2-13)7(12)14-3-5(6)16-8(9,10)11/h3H,2,13H2,1H3. The summed E-state index contributed by atoms with van der Waals surface area (Å²) in [6.45, 7) is 0.0174. The van der Waals surface area contributed by atoms with Gasteiger partial charge in [0.2, 0.25) is 0 Å². The molecule has 1 heterocycles. The van der Waals surface area contributed by atoms with E-state index in [1.54, 1.807) is 0 Å². The van der Waals surface area contributed by atoms with Crippen molar-refractivity contribution in [3.8, 4) is 11.5 Å². The number of nitrogens with two attached hydrogens (primary N) is 1. The van der Waals surface area contributed by atoms with Gasteiger partial charge in [-0.3, -0.25) is 0 Å². The van der Waals surface area contributed by atoms with Gasteiger partial charge < -0.3 is 15.2 Å². The number of nitrogens with zero attached hydrogens (tertiary/aromatic N) is 1. The summed E-state index contributed by atoms with van der Waals surface area (Å²) in [5.74, 6) is -0.532. The second kappa shape index (κ2) is 5.04. The van der Waals surface area contributed by atoms with Gasteiger partial charge >= 0.3 is 6.36 Å². The van der Waals surface area contributed by atoms with E-state index in [-0.39, 0.29) is 12.3 Å². The number of aromatic nitrogens is 1. The number of alkyl halides is 3. The van der Waals surface area contributed by atoms with Gasteiger partial charge in [0, 0.05) is 12.1 Å². The third-order valence-corrected chi connectivity index (χ3v) is 2.61. The van der Waals surface area contributed by atoms with Crippen molar-refractivity contribution in [3.63, 3.8) is 0 Å². The van der Waals surface area contributed by atoms with E-state index < -0.39 is 12.1 Å². The average molecular weight is 348 g/mol. The minimum absolute atomic E-state index is 0.0174. The molecule has 0 fully saturated rings. The highest BCUT2D eigenvalue weighted by Crippen LogP contribution is 2.35. The predicted octanol–water partition coefficient (Wildman–Crippen LogP) is 2.05. The zero-order valence-corrected chi connectivity index (χ0v) is 10.3. The maximum absolute atomic E-state index is 12.1. The van der Waals surface area contributed by atoms with Gasteiger partial charge in [-0.05, 0) is 22.6 Å². The molecule has 0 aliphatic rings. The molecule has 0 aliphatic carbocycles. The van der Waals surface area contributed by atoms with Gasteiger partial charge in [0.05, 0.1) is 13.3 Å². The molecule has 4 nitrogen and oxygen atoms in total. The first-order valence-corrected chi connectivity index (χ1v) is 5.14. The molecule has 0 aromatic carbocycles. The molecule has 0 saturated heterocycles. The highest BCUT2D eigenvalue weighted by Gasteiger charge is 2.33. The maximum atomic E-state index is 12.1. The Hall–Kier alpha value is -0.770. The van der Waals surface area contributed by atoms with E-state index >= 15 is 0 Å². The fourth-order valence-corrected chi connectivity index (χ4v) is 1.70. The molecule has 2 N–H and O–H groups in total. The summed E-state index contributed by atoms with van der Waals surface area (Å²) in [6.07, 6.45) is -3.83. The fraction of sp³-hybridized carbons (Fsp3) is 0.375. The van der Waals surface area contributed by atoms with Crippen LogP contribution in [0.3, 0.4) is 0 Å². The molecule has 1 aromatic rings. The summed E-state index contributed by atoms with van der Waals surface area (Å²) in [5, 5.41) is 0. The summed E-state index contributed by atoms with van der Waals surface area (Å²) < 4.78 is 45.3. The van der Waals surface area contributed by atoms with Crippen LogP contribution in [0.4, 0.5) is 13.2 Å². The minimum atomic E-state index is -4.78. The predicted molar refractivity (Wildman–Crippen MR) is 58.1 cm³/mol. The van der Waals surface area contributed by atoms with E-state index in [1.165, 1.54) is 7.11 Å². The molecule has 0 saturated carbocycles. The van der Waals surface area contributed by atoms with Crippen LogP contribution in [0.1, 0.15) is 5.56 Å². The molecule has 0 bridgehead atoms. The van der Waals surface area contributed by atoms with Crippen LogP contribution in [0.15, 0.2) is 6.20 Å². The number of methoxy groups -OCH3 is 1. The van der Waals surface area contributed by atoms with E-state index in [0.717, 1.165) is 6.20 Å². The Labute approximate surface area is 103 Å². The van der Waals surface area contributed by atoms with Crippen LogP contribution < -0.4 is 15.2 Å². The molecule has 16 heavy (non-hydrogen) atoms. The van der Waals surface area contributed by atoms with Crippen LogP contribution in [0.5, 0.6) is 11.5 Å². The number of hydrogen-bond acceptors (Lipinski definition) is 4. The first kappa shape index (κ1) is 13.3. The van der Waals surface area contributed by atoms with Crippen LogP contribution in [0, 0.1) is 3.70 Å². The van der Waals surface area contributed by atoms with Crippen LogP contribution in [0.2, 0.25) is 0 Å². The van der Waals surface area contributed by atoms with E-state index in [4.69, 9.17) is 10.5 Å². The molecule has 0 atom stereocenters.